The lowest BCUT2D eigenvalue weighted by atomic mass is 10.2. The molecule has 1 rings (SSSR count). The largest absolute Gasteiger partial charge is 0.325 e. The number of anilines is 1. The third-order valence-electron chi connectivity index (χ3n) is 1.84. The van der Waals surface area contributed by atoms with E-state index in [0.717, 1.165) is 5.69 Å². The Hall–Kier alpha value is -1.50. The summed E-state index contributed by atoms with van der Waals surface area (Å²) in [5, 5.41) is 0. The number of allylic oxidation sites excluding steroid dienone is 1. The van der Waals surface area contributed by atoms with Crippen molar-refractivity contribution in [3.05, 3.63) is 54.9 Å². The van der Waals surface area contributed by atoms with Crippen LogP contribution >= 0.6 is 0 Å². The second kappa shape index (κ2) is 4.51. The van der Waals surface area contributed by atoms with Crippen LogP contribution in [0.15, 0.2) is 49.3 Å². The third kappa shape index (κ3) is 2.48. The Kier molecular flexibility index (Phi) is 3.32. The van der Waals surface area contributed by atoms with Gasteiger partial charge in [-0.05, 0) is 26.0 Å². The highest BCUT2D eigenvalue weighted by Crippen LogP contribution is 2.15. The molecule has 13 heavy (non-hydrogen) atoms. The van der Waals surface area contributed by atoms with Gasteiger partial charge in [0, 0.05) is 18.1 Å². The minimum Gasteiger partial charge on any atom is -0.325 e. The molecule has 1 nitrogen and oxygen atoms in total. The third-order valence-corrected chi connectivity index (χ3v) is 1.84. The molecule has 0 bridgehead atoms. The highest BCUT2D eigenvalue weighted by atomic mass is 15.1. The fourth-order valence-electron chi connectivity index (χ4n) is 1.13. The first-order chi connectivity index (χ1) is 6.27. The van der Waals surface area contributed by atoms with Gasteiger partial charge in [0.05, 0.1) is 0 Å². The maximum Gasteiger partial charge on any atom is 0.0449 e. The van der Waals surface area contributed by atoms with E-state index >= 15 is 0 Å². The van der Waals surface area contributed by atoms with E-state index in [2.05, 4.69) is 37.8 Å². The summed E-state index contributed by atoms with van der Waals surface area (Å²) in [5.74, 6) is 0. The van der Waals surface area contributed by atoms with Crippen molar-refractivity contribution in [1.82, 2.24) is 0 Å². The van der Waals surface area contributed by atoms with Crippen molar-refractivity contribution in [1.29, 1.82) is 0 Å². The molecular formula is C12H15N. The Morgan fingerprint density at radius 1 is 1.23 bits per heavy atom. The van der Waals surface area contributed by atoms with Crippen LogP contribution in [0.3, 0.4) is 0 Å². The number of benzene rings is 1. The Morgan fingerprint density at radius 3 is 2.31 bits per heavy atom. The first-order valence-corrected chi connectivity index (χ1v) is 4.38. The molecule has 1 heteroatoms. The highest BCUT2D eigenvalue weighted by molar-refractivity contribution is 5.52. The molecule has 68 valence electrons. The van der Waals surface area contributed by atoms with Gasteiger partial charge in [0.15, 0.2) is 0 Å². The summed E-state index contributed by atoms with van der Waals surface area (Å²) in [6, 6.07) is 8.35. The van der Waals surface area contributed by atoms with Gasteiger partial charge in [-0.3, -0.25) is 0 Å². The van der Waals surface area contributed by atoms with Gasteiger partial charge in [0.25, 0.3) is 0 Å². The maximum absolute atomic E-state index is 3.75. The van der Waals surface area contributed by atoms with Crippen LogP contribution in [0.4, 0.5) is 5.69 Å². The van der Waals surface area contributed by atoms with Gasteiger partial charge in [0.1, 0.15) is 0 Å². The van der Waals surface area contributed by atoms with Crippen LogP contribution in [-0.2, 0) is 0 Å². The second-order valence-electron chi connectivity index (χ2n) is 2.91. The topological polar surface area (TPSA) is 3.24 Å². The minimum absolute atomic E-state index is 1.14. The lowest BCUT2D eigenvalue weighted by Gasteiger charge is -2.14. The zero-order valence-electron chi connectivity index (χ0n) is 8.20. The molecule has 0 fully saturated rings. The van der Waals surface area contributed by atoms with Crippen molar-refractivity contribution < 1.29 is 0 Å². The number of aryl methyl sites for hydroxylation is 1. The van der Waals surface area contributed by atoms with Crippen LogP contribution in [0.25, 0.3) is 0 Å². The summed E-state index contributed by atoms with van der Waals surface area (Å²) in [5.41, 5.74) is 2.41. The van der Waals surface area contributed by atoms with Crippen molar-refractivity contribution in [2.45, 2.75) is 13.8 Å². The summed E-state index contributed by atoms with van der Waals surface area (Å²) in [7, 11) is 0. The molecule has 0 aromatic heterocycles. The van der Waals surface area contributed by atoms with Crippen molar-refractivity contribution >= 4 is 5.69 Å². The molecule has 0 unspecified atom stereocenters. The molecule has 0 aliphatic rings. The van der Waals surface area contributed by atoms with Gasteiger partial charge in [-0.1, -0.05) is 30.4 Å². The second-order valence-corrected chi connectivity index (χ2v) is 2.91. The number of nitrogens with zero attached hydrogens (tertiary/aromatic N) is 1. The summed E-state index contributed by atoms with van der Waals surface area (Å²) >= 11 is 0. The number of hydrogen-bond acceptors (Lipinski definition) is 1. The average molecular weight is 173 g/mol. The first kappa shape index (κ1) is 9.59. The Morgan fingerprint density at radius 2 is 1.85 bits per heavy atom. The Labute approximate surface area is 80.0 Å². The Balaban J connectivity index is 2.91. The Bertz CT molecular complexity index is 295. The van der Waals surface area contributed by atoms with Crippen LogP contribution in [0, 0.1) is 6.92 Å². The van der Waals surface area contributed by atoms with Crippen molar-refractivity contribution in [3.8, 4) is 0 Å². The SMILES string of the molecule is C=CN(/C=C\C)c1ccc(C)cc1. The summed E-state index contributed by atoms with van der Waals surface area (Å²) < 4.78 is 0. The zero-order valence-corrected chi connectivity index (χ0v) is 8.20. The van der Waals surface area contributed by atoms with Crippen LogP contribution in [0.5, 0.6) is 0 Å². The fourth-order valence-corrected chi connectivity index (χ4v) is 1.13. The van der Waals surface area contributed by atoms with E-state index < -0.39 is 0 Å². The van der Waals surface area contributed by atoms with Crippen molar-refractivity contribution in [2.75, 3.05) is 4.90 Å². The van der Waals surface area contributed by atoms with Crippen LogP contribution in [-0.4, -0.2) is 0 Å². The fraction of sp³-hybridized carbons (Fsp3) is 0.167. The van der Waals surface area contributed by atoms with Gasteiger partial charge >= 0.3 is 0 Å². The van der Waals surface area contributed by atoms with E-state index in [1.807, 2.05) is 24.1 Å². The highest BCUT2D eigenvalue weighted by Gasteiger charge is 1.95. The molecule has 0 aliphatic carbocycles. The molecule has 0 aliphatic heterocycles. The van der Waals surface area contributed by atoms with Gasteiger partial charge in [0.2, 0.25) is 0 Å². The molecule has 0 heterocycles. The standard InChI is InChI=1S/C12H15N/c1-4-10-13(5-2)12-8-6-11(3)7-9-12/h4-10H,2H2,1,3H3/b10-4-. The molecule has 0 saturated heterocycles. The van der Waals surface area contributed by atoms with Crippen LogP contribution < -0.4 is 4.90 Å². The molecule has 0 amide bonds. The molecule has 0 atom stereocenters. The number of rotatable bonds is 3. The smallest absolute Gasteiger partial charge is 0.0449 e. The van der Waals surface area contributed by atoms with Gasteiger partial charge in [-0.2, -0.15) is 0 Å². The minimum atomic E-state index is 1.14. The van der Waals surface area contributed by atoms with E-state index in [1.165, 1.54) is 5.56 Å². The van der Waals surface area contributed by atoms with Crippen molar-refractivity contribution in [3.63, 3.8) is 0 Å². The average Bonchev–Trinajstić information content (AvgIpc) is 2.16. The van der Waals surface area contributed by atoms with E-state index in [1.54, 1.807) is 6.20 Å². The maximum atomic E-state index is 3.75. The number of hydrogen-bond donors (Lipinski definition) is 0. The van der Waals surface area contributed by atoms with E-state index in [0.29, 0.717) is 0 Å². The predicted octanol–water partition coefficient (Wildman–Crippen LogP) is 3.48. The van der Waals surface area contributed by atoms with Gasteiger partial charge < -0.3 is 4.90 Å². The monoisotopic (exact) mass is 173 g/mol. The molecule has 0 radical (unpaired) electrons. The van der Waals surface area contributed by atoms with Gasteiger partial charge in [-0.15, -0.1) is 0 Å². The zero-order chi connectivity index (χ0) is 9.68. The predicted molar refractivity (Wildman–Crippen MR) is 58.7 cm³/mol. The summed E-state index contributed by atoms with van der Waals surface area (Å²) in [4.78, 5) is 1.99. The summed E-state index contributed by atoms with van der Waals surface area (Å²) in [6.45, 7) is 7.82. The normalized spacial score (nSPS) is 10.3. The molecule has 0 saturated carbocycles. The lowest BCUT2D eigenvalue weighted by molar-refractivity contribution is 1.27. The van der Waals surface area contributed by atoms with E-state index in [9.17, 15) is 0 Å². The molecule has 0 spiro atoms. The van der Waals surface area contributed by atoms with Crippen molar-refractivity contribution in [2.24, 2.45) is 0 Å². The summed E-state index contributed by atoms with van der Waals surface area (Å²) in [6.07, 6.45) is 5.77. The van der Waals surface area contributed by atoms with Gasteiger partial charge in [-0.25, -0.2) is 0 Å². The molecule has 1 aromatic carbocycles. The van der Waals surface area contributed by atoms with Crippen LogP contribution in [0.1, 0.15) is 12.5 Å². The lowest BCUT2D eigenvalue weighted by Crippen LogP contribution is -2.05. The van der Waals surface area contributed by atoms with E-state index in [4.69, 9.17) is 0 Å². The molecule has 1 aromatic rings. The molecular weight excluding hydrogens is 158 g/mol. The first-order valence-electron chi connectivity index (χ1n) is 4.38. The van der Waals surface area contributed by atoms with E-state index in [-0.39, 0.29) is 0 Å². The van der Waals surface area contributed by atoms with Crippen LogP contribution in [0.2, 0.25) is 0 Å². The molecule has 0 N–H and O–H groups in total. The quantitative estimate of drug-likeness (QED) is 0.676.